The van der Waals surface area contributed by atoms with Gasteiger partial charge >= 0.3 is 0 Å². The predicted molar refractivity (Wildman–Crippen MR) is 84.9 cm³/mol. The van der Waals surface area contributed by atoms with E-state index in [1.54, 1.807) is 11.7 Å². The number of carbonyl (C=O) groups excluding carboxylic acids is 1. The Morgan fingerprint density at radius 3 is 3.05 bits per heavy atom. The molecule has 0 radical (unpaired) electrons. The Kier molecular flexibility index (Phi) is 4.12. The number of nitrogens with zero attached hydrogens (tertiary/aromatic N) is 1. The molecule has 0 saturated heterocycles. The molecule has 5 heteroatoms. The van der Waals surface area contributed by atoms with Crippen molar-refractivity contribution in [3.05, 3.63) is 51.8 Å². The number of hydrogen-bond acceptors (Lipinski definition) is 3. The number of para-hydroxylation sites is 1. The summed E-state index contributed by atoms with van der Waals surface area (Å²) >= 11 is 3.51. The smallest absolute Gasteiger partial charge is 0.236 e. The maximum atomic E-state index is 12.7. The zero-order valence-corrected chi connectivity index (χ0v) is 13.4. The van der Waals surface area contributed by atoms with Crippen LogP contribution in [0.15, 0.2) is 34.9 Å². The zero-order chi connectivity index (χ0) is 14.8. The topological polar surface area (TPSA) is 43.3 Å². The highest BCUT2D eigenvalue weighted by atomic mass is 79.9. The van der Waals surface area contributed by atoms with E-state index in [1.807, 2.05) is 30.3 Å². The van der Waals surface area contributed by atoms with Gasteiger partial charge in [0, 0.05) is 30.8 Å². The predicted octanol–water partition coefficient (Wildman–Crippen LogP) is 2.79. The molecular formula is C16H17BrN2O2. The maximum Gasteiger partial charge on any atom is 0.236 e. The Labute approximate surface area is 132 Å². The van der Waals surface area contributed by atoms with Crippen molar-refractivity contribution in [2.75, 3.05) is 13.7 Å². The van der Waals surface area contributed by atoms with E-state index in [0.29, 0.717) is 6.42 Å². The Morgan fingerprint density at radius 1 is 1.43 bits per heavy atom. The summed E-state index contributed by atoms with van der Waals surface area (Å²) in [7, 11) is 1.63. The van der Waals surface area contributed by atoms with Crippen molar-refractivity contribution in [2.24, 2.45) is 0 Å². The van der Waals surface area contributed by atoms with Gasteiger partial charge in [0.2, 0.25) is 5.91 Å². The van der Waals surface area contributed by atoms with Crippen LogP contribution in [0.1, 0.15) is 21.6 Å². The van der Waals surface area contributed by atoms with Crippen molar-refractivity contribution in [3.8, 4) is 5.75 Å². The first-order chi connectivity index (χ1) is 10.2. The van der Waals surface area contributed by atoms with Crippen molar-refractivity contribution in [1.82, 2.24) is 9.88 Å². The molecular weight excluding hydrogens is 332 g/mol. The van der Waals surface area contributed by atoms with Crippen LogP contribution in [0.4, 0.5) is 0 Å². The Hall–Kier alpha value is -1.59. The summed E-state index contributed by atoms with van der Waals surface area (Å²) in [5, 5.41) is 3.32. The van der Waals surface area contributed by atoms with E-state index in [-0.39, 0.29) is 5.91 Å². The van der Waals surface area contributed by atoms with Crippen LogP contribution in [-0.4, -0.2) is 24.1 Å². The van der Waals surface area contributed by atoms with Crippen molar-refractivity contribution in [2.45, 2.75) is 19.4 Å². The second kappa shape index (κ2) is 6.03. The van der Waals surface area contributed by atoms with Crippen LogP contribution in [-0.2, 0) is 19.4 Å². The fourth-order valence-corrected chi connectivity index (χ4v) is 3.47. The molecule has 110 valence electrons. The third kappa shape index (κ3) is 2.76. The van der Waals surface area contributed by atoms with E-state index >= 15 is 0 Å². The van der Waals surface area contributed by atoms with Crippen LogP contribution >= 0.6 is 15.9 Å². The monoisotopic (exact) mass is 348 g/mol. The average Bonchev–Trinajstić information content (AvgIpc) is 2.83. The van der Waals surface area contributed by atoms with Crippen molar-refractivity contribution >= 4 is 21.8 Å². The van der Waals surface area contributed by atoms with Crippen LogP contribution < -0.4 is 10.1 Å². The van der Waals surface area contributed by atoms with E-state index in [0.717, 1.165) is 41.1 Å². The summed E-state index contributed by atoms with van der Waals surface area (Å²) in [4.78, 5) is 12.7. The molecule has 3 rings (SSSR count). The summed E-state index contributed by atoms with van der Waals surface area (Å²) < 4.78 is 7.95. The molecule has 1 aromatic heterocycles. The van der Waals surface area contributed by atoms with Crippen LogP contribution in [0.5, 0.6) is 5.75 Å². The van der Waals surface area contributed by atoms with Gasteiger partial charge in [0.1, 0.15) is 5.75 Å². The largest absolute Gasteiger partial charge is 0.496 e. The van der Waals surface area contributed by atoms with Gasteiger partial charge in [-0.2, -0.15) is 0 Å². The quantitative estimate of drug-likeness (QED) is 0.927. The molecule has 0 atom stereocenters. The lowest BCUT2D eigenvalue weighted by atomic mass is 10.1. The standard InChI is InChI=1S/C16H17BrN2O2/c1-21-14-5-3-2-4-11(14)9-16(20)19-13-6-7-18-10-12(13)8-15(19)17/h2-5,8,18H,6-7,9-10H2,1H3. The highest BCUT2D eigenvalue weighted by Gasteiger charge is 2.21. The number of rotatable bonds is 3. The molecule has 0 fully saturated rings. The second-order valence-corrected chi connectivity index (χ2v) is 5.90. The van der Waals surface area contributed by atoms with E-state index in [2.05, 4.69) is 21.2 Å². The number of nitrogens with one attached hydrogen (secondary N) is 1. The summed E-state index contributed by atoms with van der Waals surface area (Å²) in [5.41, 5.74) is 3.22. The van der Waals surface area contributed by atoms with Gasteiger partial charge in [0.05, 0.1) is 18.1 Å². The van der Waals surface area contributed by atoms with Gasteiger partial charge in [0.15, 0.2) is 0 Å². The Bertz CT molecular complexity index is 679. The molecule has 1 aliphatic heterocycles. The molecule has 0 amide bonds. The molecule has 0 spiro atoms. The Balaban J connectivity index is 1.91. The molecule has 1 aliphatic rings. The molecule has 21 heavy (non-hydrogen) atoms. The van der Waals surface area contributed by atoms with Gasteiger partial charge in [-0.3, -0.25) is 9.36 Å². The number of benzene rings is 1. The molecule has 4 nitrogen and oxygen atoms in total. The van der Waals surface area contributed by atoms with E-state index in [1.165, 1.54) is 5.56 Å². The van der Waals surface area contributed by atoms with Gasteiger partial charge in [-0.25, -0.2) is 0 Å². The van der Waals surface area contributed by atoms with E-state index in [9.17, 15) is 4.79 Å². The van der Waals surface area contributed by atoms with Crippen LogP contribution in [0, 0.1) is 0 Å². The van der Waals surface area contributed by atoms with Crippen molar-refractivity contribution in [3.63, 3.8) is 0 Å². The third-order valence-corrected chi connectivity index (χ3v) is 4.37. The fraction of sp³-hybridized carbons (Fsp3) is 0.312. The van der Waals surface area contributed by atoms with E-state index in [4.69, 9.17) is 4.74 Å². The van der Waals surface area contributed by atoms with Crippen molar-refractivity contribution < 1.29 is 9.53 Å². The molecule has 1 N–H and O–H groups in total. The first kappa shape index (κ1) is 14.4. The lowest BCUT2D eigenvalue weighted by Gasteiger charge is -2.16. The molecule has 0 bridgehead atoms. The lowest BCUT2D eigenvalue weighted by Crippen LogP contribution is -2.27. The number of methoxy groups -OCH3 is 1. The molecule has 0 saturated carbocycles. The van der Waals surface area contributed by atoms with Crippen LogP contribution in [0.25, 0.3) is 0 Å². The number of aromatic nitrogens is 1. The first-order valence-corrected chi connectivity index (χ1v) is 7.75. The van der Waals surface area contributed by atoms with Crippen molar-refractivity contribution in [1.29, 1.82) is 0 Å². The second-order valence-electron chi connectivity index (χ2n) is 5.08. The van der Waals surface area contributed by atoms with Crippen LogP contribution in [0.2, 0.25) is 0 Å². The zero-order valence-electron chi connectivity index (χ0n) is 11.9. The van der Waals surface area contributed by atoms with E-state index < -0.39 is 0 Å². The highest BCUT2D eigenvalue weighted by Crippen LogP contribution is 2.25. The van der Waals surface area contributed by atoms with Gasteiger partial charge in [-0.15, -0.1) is 0 Å². The number of hydrogen-bond donors (Lipinski definition) is 1. The third-order valence-electron chi connectivity index (χ3n) is 3.79. The summed E-state index contributed by atoms with van der Waals surface area (Å²) in [5.74, 6) is 0.819. The van der Waals surface area contributed by atoms with Gasteiger partial charge in [-0.1, -0.05) is 18.2 Å². The van der Waals surface area contributed by atoms with Crippen LogP contribution in [0.3, 0.4) is 0 Å². The first-order valence-electron chi connectivity index (χ1n) is 6.95. The summed E-state index contributed by atoms with van der Waals surface area (Å²) in [6, 6.07) is 9.68. The minimum Gasteiger partial charge on any atom is -0.496 e. The molecule has 0 aliphatic carbocycles. The Morgan fingerprint density at radius 2 is 2.24 bits per heavy atom. The van der Waals surface area contributed by atoms with Gasteiger partial charge < -0.3 is 10.1 Å². The maximum absolute atomic E-state index is 12.7. The average molecular weight is 349 g/mol. The normalized spacial score (nSPS) is 13.8. The summed E-state index contributed by atoms with van der Waals surface area (Å²) in [6.45, 7) is 1.73. The minimum absolute atomic E-state index is 0.0644. The highest BCUT2D eigenvalue weighted by molar-refractivity contribution is 9.10. The number of ether oxygens (including phenoxy) is 1. The lowest BCUT2D eigenvalue weighted by molar-refractivity contribution is 0.0907. The molecule has 2 heterocycles. The molecule has 0 unspecified atom stereocenters. The molecule has 1 aromatic carbocycles. The molecule has 2 aromatic rings. The fourth-order valence-electron chi connectivity index (χ4n) is 2.78. The summed E-state index contributed by atoms with van der Waals surface area (Å²) in [6.07, 6.45) is 1.20. The number of halogens is 1. The minimum atomic E-state index is 0.0644. The van der Waals surface area contributed by atoms with Gasteiger partial charge in [0.25, 0.3) is 0 Å². The number of carbonyl (C=O) groups is 1. The number of fused-ring (bicyclic) bond motifs is 1. The SMILES string of the molecule is COc1ccccc1CC(=O)n1c(Br)cc2c1CCNC2. The van der Waals surface area contributed by atoms with Gasteiger partial charge in [-0.05, 0) is 33.6 Å².